The number of nitrogens with zero attached hydrogens (tertiary/aromatic N) is 1. The van der Waals surface area contributed by atoms with E-state index in [1.807, 2.05) is 0 Å². The van der Waals surface area contributed by atoms with Crippen LogP contribution in [-0.4, -0.2) is 49.3 Å². The number of morpholine rings is 1. The van der Waals surface area contributed by atoms with Crippen molar-refractivity contribution in [3.05, 3.63) is 35.6 Å². The third-order valence-corrected chi connectivity index (χ3v) is 5.41. The highest BCUT2D eigenvalue weighted by Gasteiger charge is 2.38. The quantitative estimate of drug-likeness (QED) is 0.859. The maximum Gasteiger partial charge on any atom is 0.315 e. The Bertz CT molecular complexity index is 552. The van der Waals surface area contributed by atoms with Crippen LogP contribution in [0.25, 0.3) is 0 Å². The van der Waals surface area contributed by atoms with Gasteiger partial charge in [0, 0.05) is 31.7 Å². The SMILES string of the molecule is O=C(NCc1ccc(F)cc1)NCC1(N2CCOCC2)CCCCC1. The minimum absolute atomic E-state index is 0.0647. The van der Waals surface area contributed by atoms with E-state index in [2.05, 4.69) is 15.5 Å². The lowest BCUT2D eigenvalue weighted by molar-refractivity contribution is -0.0357. The van der Waals surface area contributed by atoms with Crippen molar-refractivity contribution in [1.29, 1.82) is 0 Å². The minimum atomic E-state index is -0.266. The molecule has 2 amide bonds. The number of carbonyl (C=O) groups excluding carboxylic acids is 1. The van der Waals surface area contributed by atoms with Gasteiger partial charge in [-0.2, -0.15) is 0 Å². The summed E-state index contributed by atoms with van der Waals surface area (Å²) in [6.07, 6.45) is 5.98. The normalized spacial score (nSPS) is 20.8. The maximum absolute atomic E-state index is 12.9. The second-order valence-corrected chi connectivity index (χ2v) is 7.05. The molecule has 0 aromatic heterocycles. The number of hydrogen-bond acceptors (Lipinski definition) is 3. The van der Waals surface area contributed by atoms with Crippen molar-refractivity contribution in [1.82, 2.24) is 15.5 Å². The van der Waals surface area contributed by atoms with Gasteiger partial charge in [-0.25, -0.2) is 9.18 Å². The molecule has 0 bridgehead atoms. The number of hydrogen-bond donors (Lipinski definition) is 2. The first kappa shape index (κ1) is 18.1. The number of carbonyl (C=O) groups is 1. The molecule has 3 rings (SSSR count). The highest BCUT2D eigenvalue weighted by molar-refractivity contribution is 5.73. The van der Waals surface area contributed by atoms with E-state index in [0.29, 0.717) is 13.1 Å². The van der Waals surface area contributed by atoms with Crippen molar-refractivity contribution in [2.24, 2.45) is 0 Å². The van der Waals surface area contributed by atoms with E-state index in [1.54, 1.807) is 12.1 Å². The summed E-state index contributed by atoms with van der Waals surface area (Å²) in [5, 5.41) is 5.93. The third kappa shape index (κ3) is 4.92. The Hall–Kier alpha value is -1.66. The summed E-state index contributed by atoms with van der Waals surface area (Å²) in [4.78, 5) is 14.7. The Balaban J connectivity index is 1.51. The molecule has 1 saturated carbocycles. The molecule has 5 nitrogen and oxygen atoms in total. The number of halogens is 1. The van der Waals surface area contributed by atoms with Gasteiger partial charge in [0.25, 0.3) is 0 Å². The molecule has 1 aliphatic carbocycles. The van der Waals surface area contributed by atoms with Crippen LogP contribution in [0.15, 0.2) is 24.3 Å². The molecule has 1 heterocycles. The predicted octanol–water partition coefficient (Wildman–Crippen LogP) is 2.66. The fourth-order valence-electron chi connectivity index (χ4n) is 3.94. The molecule has 1 aromatic rings. The summed E-state index contributed by atoms with van der Waals surface area (Å²) in [5.41, 5.74) is 0.951. The van der Waals surface area contributed by atoms with E-state index in [4.69, 9.17) is 4.74 Å². The van der Waals surface area contributed by atoms with Crippen LogP contribution in [0.5, 0.6) is 0 Å². The predicted molar refractivity (Wildman–Crippen MR) is 94.8 cm³/mol. The van der Waals surface area contributed by atoms with Gasteiger partial charge >= 0.3 is 6.03 Å². The highest BCUT2D eigenvalue weighted by atomic mass is 19.1. The molecule has 0 atom stereocenters. The van der Waals surface area contributed by atoms with Crippen molar-refractivity contribution < 1.29 is 13.9 Å². The van der Waals surface area contributed by atoms with Crippen LogP contribution in [0.4, 0.5) is 9.18 Å². The molecule has 1 saturated heterocycles. The molecule has 25 heavy (non-hydrogen) atoms. The van der Waals surface area contributed by atoms with Crippen LogP contribution in [0, 0.1) is 5.82 Å². The third-order valence-electron chi connectivity index (χ3n) is 5.41. The van der Waals surface area contributed by atoms with Crippen LogP contribution < -0.4 is 10.6 Å². The van der Waals surface area contributed by atoms with Gasteiger partial charge in [0.05, 0.1) is 13.2 Å². The molecule has 0 spiro atoms. The summed E-state index contributed by atoms with van der Waals surface area (Å²) >= 11 is 0. The van der Waals surface area contributed by atoms with Crippen molar-refractivity contribution in [3.8, 4) is 0 Å². The molecule has 6 heteroatoms. The first-order valence-corrected chi connectivity index (χ1v) is 9.27. The van der Waals surface area contributed by atoms with Crippen molar-refractivity contribution in [2.75, 3.05) is 32.8 Å². The Morgan fingerprint density at radius 2 is 1.76 bits per heavy atom. The first-order chi connectivity index (χ1) is 12.2. The summed E-state index contributed by atoms with van der Waals surface area (Å²) in [6.45, 7) is 4.51. The average molecular weight is 349 g/mol. The Labute approximate surface area is 148 Å². The van der Waals surface area contributed by atoms with Crippen LogP contribution in [0.2, 0.25) is 0 Å². The summed E-state index contributed by atoms with van der Waals surface area (Å²) < 4.78 is 18.4. The Morgan fingerprint density at radius 3 is 2.44 bits per heavy atom. The molecule has 1 aromatic carbocycles. The summed E-state index contributed by atoms with van der Waals surface area (Å²) in [7, 11) is 0. The molecule has 1 aliphatic heterocycles. The van der Waals surface area contributed by atoms with Crippen molar-refractivity contribution in [3.63, 3.8) is 0 Å². The summed E-state index contributed by atoms with van der Waals surface area (Å²) in [6, 6.07) is 6.02. The molecule has 2 N–H and O–H groups in total. The van der Waals surface area contributed by atoms with E-state index in [-0.39, 0.29) is 17.4 Å². The van der Waals surface area contributed by atoms with Gasteiger partial charge in [0.15, 0.2) is 0 Å². The smallest absolute Gasteiger partial charge is 0.315 e. The van der Waals surface area contributed by atoms with Gasteiger partial charge in [-0.05, 0) is 30.5 Å². The van der Waals surface area contributed by atoms with Crippen LogP contribution in [0.3, 0.4) is 0 Å². The number of ether oxygens (including phenoxy) is 1. The lowest BCUT2D eigenvalue weighted by Gasteiger charge is -2.48. The van der Waals surface area contributed by atoms with Crippen LogP contribution >= 0.6 is 0 Å². The lowest BCUT2D eigenvalue weighted by Crippen LogP contribution is -2.60. The monoisotopic (exact) mass is 349 g/mol. The van der Waals surface area contributed by atoms with E-state index in [0.717, 1.165) is 44.7 Å². The molecule has 0 unspecified atom stereocenters. The average Bonchev–Trinajstić information content (AvgIpc) is 2.67. The molecular formula is C19H28FN3O2. The number of rotatable bonds is 5. The number of benzene rings is 1. The van der Waals surface area contributed by atoms with Gasteiger partial charge in [-0.3, -0.25) is 4.90 Å². The second kappa shape index (κ2) is 8.63. The van der Waals surface area contributed by atoms with Gasteiger partial charge in [0.2, 0.25) is 0 Å². The van der Waals surface area contributed by atoms with Crippen molar-refractivity contribution in [2.45, 2.75) is 44.2 Å². The van der Waals surface area contributed by atoms with Gasteiger partial charge in [-0.1, -0.05) is 31.4 Å². The van der Waals surface area contributed by atoms with E-state index in [1.165, 1.54) is 31.4 Å². The Morgan fingerprint density at radius 1 is 1.08 bits per heavy atom. The van der Waals surface area contributed by atoms with Crippen molar-refractivity contribution >= 4 is 6.03 Å². The van der Waals surface area contributed by atoms with Crippen LogP contribution in [-0.2, 0) is 11.3 Å². The zero-order chi connectivity index (χ0) is 17.5. The van der Waals surface area contributed by atoms with E-state index < -0.39 is 0 Å². The second-order valence-electron chi connectivity index (χ2n) is 7.05. The largest absolute Gasteiger partial charge is 0.379 e. The zero-order valence-corrected chi connectivity index (χ0v) is 14.7. The van der Waals surface area contributed by atoms with Gasteiger partial charge < -0.3 is 15.4 Å². The summed E-state index contributed by atoms with van der Waals surface area (Å²) in [5.74, 6) is -0.266. The Kier molecular flexibility index (Phi) is 6.26. The fraction of sp³-hybridized carbons (Fsp3) is 0.632. The minimum Gasteiger partial charge on any atom is -0.379 e. The van der Waals surface area contributed by atoms with E-state index >= 15 is 0 Å². The maximum atomic E-state index is 12.9. The highest BCUT2D eigenvalue weighted by Crippen LogP contribution is 2.33. The van der Waals surface area contributed by atoms with Gasteiger partial charge in [0.1, 0.15) is 5.82 Å². The van der Waals surface area contributed by atoms with Crippen LogP contribution in [0.1, 0.15) is 37.7 Å². The first-order valence-electron chi connectivity index (χ1n) is 9.27. The number of nitrogens with one attached hydrogen (secondary N) is 2. The molecule has 0 radical (unpaired) electrons. The van der Waals surface area contributed by atoms with E-state index in [9.17, 15) is 9.18 Å². The topological polar surface area (TPSA) is 53.6 Å². The standard InChI is InChI=1S/C19H28FN3O2/c20-17-6-4-16(5-7-17)14-21-18(24)22-15-19(8-2-1-3-9-19)23-10-12-25-13-11-23/h4-7H,1-3,8-15H2,(H2,21,22,24). The molecule has 138 valence electrons. The molecule has 2 fully saturated rings. The zero-order valence-electron chi connectivity index (χ0n) is 14.7. The fourth-order valence-corrected chi connectivity index (χ4v) is 3.94. The molecule has 2 aliphatic rings. The lowest BCUT2D eigenvalue weighted by atomic mass is 9.80. The number of urea groups is 1. The number of amides is 2. The van der Waals surface area contributed by atoms with Gasteiger partial charge in [-0.15, -0.1) is 0 Å². The molecular weight excluding hydrogens is 321 g/mol.